The number of ether oxygens (including phenoxy) is 5. The highest BCUT2D eigenvalue weighted by atomic mass is 35.5. The van der Waals surface area contributed by atoms with Crippen molar-refractivity contribution in [2.75, 3.05) is 27.4 Å². The lowest BCUT2D eigenvalue weighted by molar-refractivity contribution is -0.176. The summed E-state index contributed by atoms with van der Waals surface area (Å²) in [5.74, 6) is 1.44. The van der Waals surface area contributed by atoms with Gasteiger partial charge in [-0.3, -0.25) is 0 Å². The minimum Gasteiger partial charge on any atom is -0.497 e. The third kappa shape index (κ3) is 7.80. The molecule has 4 aromatic carbocycles. The molecule has 0 heterocycles. The molecule has 0 saturated carbocycles. The Morgan fingerprint density at radius 1 is 0.707 bits per heavy atom. The Balaban J connectivity index is 1.63. The molecule has 0 aromatic heterocycles. The van der Waals surface area contributed by atoms with Crippen molar-refractivity contribution in [2.45, 2.75) is 31.5 Å². The topological polar surface area (TPSA) is 66.4 Å². The number of methoxy groups -OCH3 is 2. The summed E-state index contributed by atoms with van der Waals surface area (Å²) < 4.78 is 29.6. The molecule has 0 aliphatic rings. The number of hydrogen-bond donors (Lipinski definition) is 1. The average Bonchev–Trinajstić information content (AvgIpc) is 3.00. The lowest BCUT2D eigenvalue weighted by Crippen LogP contribution is -2.40. The Morgan fingerprint density at radius 3 is 1.71 bits per heavy atom. The number of rotatable bonds is 14. The van der Waals surface area contributed by atoms with Crippen LogP contribution in [0, 0.1) is 0 Å². The van der Waals surface area contributed by atoms with E-state index in [0.29, 0.717) is 10.0 Å². The second-order valence-corrected chi connectivity index (χ2v) is 10.3. The van der Waals surface area contributed by atoms with E-state index >= 15 is 0 Å². The van der Waals surface area contributed by atoms with Crippen LogP contribution in [0.4, 0.5) is 0 Å². The number of aliphatic hydroxyl groups excluding tert-OH is 1. The van der Waals surface area contributed by atoms with Crippen LogP contribution in [0.5, 0.6) is 11.5 Å². The van der Waals surface area contributed by atoms with Crippen LogP contribution in [0.25, 0.3) is 0 Å². The van der Waals surface area contributed by atoms with Gasteiger partial charge in [-0.25, -0.2) is 0 Å². The van der Waals surface area contributed by atoms with E-state index in [4.69, 9.17) is 46.9 Å². The number of aliphatic hydroxyl groups is 1. The van der Waals surface area contributed by atoms with E-state index in [9.17, 15) is 5.11 Å². The third-order valence-electron chi connectivity index (χ3n) is 6.64. The van der Waals surface area contributed by atoms with Crippen LogP contribution >= 0.6 is 23.2 Å². The first-order chi connectivity index (χ1) is 19.9. The average molecular weight is 598 g/mol. The monoisotopic (exact) mass is 596 g/mol. The quantitative estimate of drug-likeness (QED) is 0.122. The molecule has 4 rings (SSSR count). The highest BCUT2D eigenvalue weighted by Gasteiger charge is 2.40. The zero-order valence-electron chi connectivity index (χ0n) is 23.3. The summed E-state index contributed by atoms with van der Waals surface area (Å²) in [5.41, 5.74) is 2.34. The molecule has 0 aliphatic carbocycles. The van der Waals surface area contributed by atoms with Crippen LogP contribution in [-0.2, 0) is 26.4 Å². The maximum Gasteiger partial charge on any atom is 0.155 e. The maximum atomic E-state index is 10.5. The molecule has 216 valence electrons. The zero-order valence-corrected chi connectivity index (χ0v) is 24.8. The van der Waals surface area contributed by atoms with Gasteiger partial charge in [-0.2, -0.15) is 0 Å². The first-order valence-electron chi connectivity index (χ1n) is 13.2. The summed E-state index contributed by atoms with van der Waals surface area (Å²) in [4.78, 5) is 0. The molecular formula is C33H34Cl2O6. The van der Waals surface area contributed by atoms with Crippen molar-refractivity contribution in [2.24, 2.45) is 0 Å². The smallest absolute Gasteiger partial charge is 0.155 e. The number of hydrogen-bond acceptors (Lipinski definition) is 6. The molecule has 6 nitrogen and oxygen atoms in total. The molecule has 1 N–H and O–H groups in total. The fourth-order valence-corrected chi connectivity index (χ4v) is 5.17. The summed E-state index contributed by atoms with van der Waals surface area (Å²) in [6.07, 6.45) is -1.29. The van der Waals surface area contributed by atoms with Crippen molar-refractivity contribution in [1.82, 2.24) is 0 Å². The Hall–Kier alpha value is -3.10. The third-order valence-corrected chi connectivity index (χ3v) is 7.08. The van der Waals surface area contributed by atoms with Gasteiger partial charge < -0.3 is 28.8 Å². The van der Waals surface area contributed by atoms with Crippen LogP contribution < -0.4 is 9.47 Å². The molecule has 8 heteroatoms. The minimum atomic E-state index is -1.09. The van der Waals surface area contributed by atoms with Gasteiger partial charge in [-0.15, -0.1) is 0 Å². The van der Waals surface area contributed by atoms with E-state index < -0.39 is 18.0 Å². The van der Waals surface area contributed by atoms with Gasteiger partial charge >= 0.3 is 0 Å². The van der Waals surface area contributed by atoms with Gasteiger partial charge in [-0.1, -0.05) is 77.8 Å². The van der Waals surface area contributed by atoms with Gasteiger partial charge in [0.2, 0.25) is 0 Å². The molecule has 41 heavy (non-hydrogen) atoms. The fourth-order valence-electron chi connectivity index (χ4n) is 4.60. The highest BCUT2D eigenvalue weighted by Crippen LogP contribution is 2.42. The van der Waals surface area contributed by atoms with Crippen LogP contribution in [-0.4, -0.2) is 44.9 Å². The normalized spacial score (nSPS) is 13.0. The molecule has 2 atom stereocenters. The summed E-state index contributed by atoms with van der Waals surface area (Å²) in [6, 6.07) is 30.6. The van der Waals surface area contributed by atoms with E-state index in [1.165, 1.54) is 0 Å². The molecule has 0 amide bonds. The second kappa shape index (κ2) is 14.7. The summed E-state index contributed by atoms with van der Waals surface area (Å²) in [6.45, 7) is 1.85. The van der Waals surface area contributed by atoms with Crippen molar-refractivity contribution in [3.05, 3.63) is 129 Å². The lowest BCUT2D eigenvalue weighted by Gasteiger charge is -2.39. The standard InChI is InChI=1S/C33H34Cl2O6/c1-23(39-21-24-17-28(34)19-29(35)18-24)40-22-32(20-36)41-33(25-7-5-4-6-8-25,26-9-13-30(37-2)14-10-26)27-11-15-31(38-3)16-12-27/h4-19,23,32,36H,20-22H2,1-3H3. The predicted molar refractivity (Wildman–Crippen MR) is 161 cm³/mol. The molecule has 0 radical (unpaired) electrons. The van der Waals surface area contributed by atoms with Gasteiger partial charge in [0.15, 0.2) is 6.29 Å². The van der Waals surface area contributed by atoms with Crippen molar-refractivity contribution < 1.29 is 28.8 Å². The molecule has 0 bridgehead atoms. The largest absolute Gasteiger partial charge is 0.497 e. The van der Waals surface area contributed by atoms with Crippen molar-refractivity contribution >= 4 is 23.2 Å². The summed E-state index contributed by atoms with van der Waals surface area (Å²) in [7, 11) is 3.26. The predicted octanol–water partition coefficient (Wildman–Crippen LogP) is 7.26. The molecule has 2 unspecified atom stereocenters. The SMILES string of the molecule is COc1ccc(C(OC(CO)COC(C)OCc2cc(Cl)cc(Cl)c2)(c2ccccc2)c2ccc(OC)cc2)cc1. The van der Waals surface area contributed by atoms with Crippen molar-refractivity contribution in [3.63, 3.8) is 0 Å². The highest BCUT2D eigenvalue weighted by molar-refractivity contribution is 6.34. The molecule has 0 spiro atoms. The second-order valence-electron chi connectivity index (χ2n) is 9.42. The van der Waals surface area contributed by atoms with Crippen LogP contribution in [0.3, 0.4) is 0 Å². The number of halogens is 2. The van der Waals surface area contributed by atoms with Crippen molar-refractivity contribution in [3.8, 4) is 11.5 Å². The van der Waals surface area contributed by atoms with E-state index in [1.54, 1.807) is 39.3 Å². The summed E-state index contributed by atoms with van der Waals surface area (Å²) in [5, 5.41) is 11.5. The molecule has 0 saturated heterocycles. The Labute approximate surface area is 251 Å². The Bertz CT molecular complexity index is 1300. The van der Waals surface area contributed by atoms with Gasteiger partial charge in [0, 0.05) is 10.0 Å². The van der Waals surface area contributed by atoms with Gasteiger partial charge in [0.05, 0.1) is 34.0 Å². The summed E-state index contributed by atoms with van der Waals surface area (Å²) >= 11 is 12.2. The first kappa shape index (κ1) is 30.8. The molecule has 0 aliphatic heterocycles. The van der Waals surface area contributed by atoms with E-state index in [2.05, 4.69) is 0 Å². The van der Waals surface area contributed by atoms with Gasteiger partial charge in [-0.05, 0) is 71.6 Å². The zero-order chi connectivity index (χ0) is 29.2. The van der Waals surface area contributed by atoms with Crippen molar-refractivity contribution in [1.29, 1.82) is 0 Å². The fraction of sp³-hybridized carbons (Fsp3) is 0.273. The molecular weight excluding hydrogens is 563 g/mol. The first-order valence-corrected chi connectivity index (χ1v) is 13.9. The van der Waals surface area contributed by atoms with E-state index in [0.717, 1.165) is 33.8 Å². The lowest BCUT2D eigenvalue weighted by atomic mass is 9.79. The molecule has 4 aromatic rings. The Kier molecular flexibility index (Phi) is 11.1. The van der Waals surface area contributed by atoms with Crippen LogP contribution in [0.15, 0.2) is 97.1 Å². The van der Waals surface area contributed by atoms with E-state index in [1.807, 2.05) is 78.9 Å². The van der Waals surface area contributed by atoms with Crippen LogP contribution in [0.2, 0.25) is 10.0 Å². The van der Waals surface area contributed by atoms with Crippen LogP contribution in [0.1, 0.15) is 29.2 Å². The van der Waals surface area contributed by atoms with Gasteiger partial charge in [0.1, 0.15) is 23.2 Å². The van der Waals surface area contributed by atoms with Gasteiger partial charge in [0.25, 0.3) is 0 Å². The minimum absolute atomic E-state index is 0.0782. The maximum absolute atomic E-state index is 10.5. The number of benzene rings is 4. The molecule has 0 fully saturated rings. The van der Waals surface area contributed by atoms with E-state index in [-0.39, 0.29) is 19.8 Å². The Morgan fingerprint density at radius 2 is 1.22 bits per heavy atom.